The van der Waals surface area contributed by atoms with Gasteiger partial charge in [-0.3, -0.25) is 0 Å². The third-order valence-electron chi connectivity index (χ3n) is 6.66. The molecule has 2 N–H and O–H groups in total. The molecule has 0 heterocycles. The number of rotatable bonds is 26. The maximum atomic E-state index is 5.93. The summed E-state index contributed by atoms with van der Waals surface area (Å²) in [5, 5.41) is 0. The van der Waals surface area contributed by atoms with Crippen molar-refractivity contribution in [2.24, 2.45) is 5.73 Å². The van der Waals surface area contributed by atoms with Crippen molar-refractivity contribution in [3.8, 4) is 0 Å². The van der Waals surface area contributed by atoms with Crippen molar-refractivity contribution in [2.45, 2.75) is 136 Å². The molecule has 0 fully saturated rings. The van der Waals surface area contributed by atoms with Crippen LogP contribution in [0.25, 0.3) is 0 Å². The van der Waals surface area contributed by atoms with E-state index in [1.165, 1.54) is 148 Å². The van der Waals surface area contributed by atoms with Crippen molar-refractivity contribution in [3.63, 3.8) is 0 Å². The maximum Gasteiger partial charge on any atom is 0.0110 e. The molecule has 31 heavy (non-hydrogen) atoms. The predicted octanol–water partition coefficient (Wildman–Crippen LogP) is 7.63. The third kappa shape index (κ3) is 22.9. The zero-order valence-electron chi connectivity index (χ0n) is 22.1. The molecule has 0 rings (SSSR count). The average molecular weight is 440 g/mol. The highest BCUT2D eigenvalue weighted by Crippen LogP contribution is 2.10. The molecule has 3 nitrogen and oxygen atoms in total. The summed E-state index contributed by atoms with van der Waals surface area (Å²) in [5.74, 6) is 0. The molecule has 0 aliphatic carbocycles. The van der Waals surface area contributed by atoms with Crippen molar-refractivity contribution < 1.29 is 0 Å². The molecular formula is C28H61N3. The first-order chi connectivity index (χ1) is 15.3. The van der Waals surface area contributed by atoms with Gasteiger partial charge in [0.2, 0.25) is 0 Å². The first kappa shape index (κ1) is 30.9. The van der Waals surface area contributed by atoms with Crippen LogP contribution in [0.4, 0.5) is 0 Å². The van der Waals surface area contributed by atoms with Crippen LogP contribution in [0, 0.1) is 0 Å². The van der Waals surface area contributed by atoms with Crippen molar-refractivity contribution >= 4 is 0 Å². The Kier molecular flexibility index (Phi) is 26.0. The van der Waals surface area contributed by atoms with E-state index in [0.29, 0.717) is 0 Å². The SMILES string of the molecule is CCCCCCCCN(CCN)CCN(CCCCCCCC)CCCCCCCC. The standard InChI is InChI=1S/C28H61N3/c1-4-7-10-13-16-19-23-30(24-20-17-14-11-8-5-2)27-28-31(26-22-29)25-21-18-15-12-9-6-3/h4-29H2,1-3H3. The van der Waals surface area contributed by atoms with Gasteiger partial charge in [0.1, 0.15) is 0 Å². The van der Waals surface area contributed by atoms with Crippen molar-refractivity contribution in [1.82, 2.24) is 9.80 Å². The Hall–Kier alpha value is -0.120. The maximum absolute atomic E-state index is 5.93. The molecule has 0 amide bonds. The topological polar surface area (TPSA) is 32.5 Å². The van der Waals surface area contributed by atoms with Gasteiger partial charge < -0.3 is 15.5 Å². The number of hydrogen-bond donors (Lipinski definition) is 1. The quantitative estimate of drug-likeness (QED) is 0.141. The van der Waals surface area contributed by atoms with E-state index in [-0.39, 0.29) is 0 Å². The Bertz CT molecular complexity index is 305. The molecule has 3 heteroatoms. The molecule has 0 radical (unpaired) electrons. The van der Waals surface area contributed by atoms with Crippen LogP contribution in [0.15, 0.2) is 0 Å². The normalized spacial score (nSPS) is 11.8. The second-order valence-corrected chi connectivity index (χ2v) is 9.78. The van der Waals surface area contributed by atoms with Gasteiger partial charge in [0, 0.05) is 26.2 Å². The van der Waals surface area contributed by atoms with Crippen LogP contribution < -0.4 is 5.73 Å². The van der Waals surface area contributed by atoms with E-state index in [4.69, 9.17) is 5.73 Å². The molecule has 0 saturated heterocycles. The van der Waals surface area contributed by atoms with Gasteiger partial charge >= 0.3 is 0 Å². The Balaban J connectivity index is 4.22. The van der Waals surface area contributed by atoms with Crippen LogP contribution in [-0.4, -0.2) is 55.6 Å². The van der Waals surface area contributed by atoms with Crippen LogP contribution in [0.3, 0.4) is 0 Å². The Morgan fingerprint density at radius 3 is 0.968 bits per heavy atom. The van der Waals surface area contributed by atoms with Crippen molar-refractivity contribution in [1.29, 1.82) is 0 Å². The smallest absolute Gasteiger partial charge is 0.0110 e. The molecule has 188 valence electrons. The average Bonchev–Trinajstić information content (AvgIpc) is 2.78. The highest BCUT2D eigenvalue weighted by atomic mass is 15.2. The number of nitrogens with two attached hydrogens (primary N) is 1. The van der Waals surface area contributed by atoms with Crippen LogP contribution in [0.1, 0.15) is 136 Å². The van der Waals surface area contributed by atoms with E-state index < -0.39 is 0 Å². The Labute approximate surface area is 197 Å². The fraction of sp³-hybridized carbons (Fsp3) is 1.00. The lowest BCUT2D eigenvalue weighted by Gasteiger charge is -2.28. The van der Waals surface area contributed by atoms with Crippen LogP contribution >= 0.6 is 0 Å². The van der Waals surface area contributed by atoms with Gasteiger partial charge in [-0.2, -0.15) is 0 Å². The van der Waals surface area contributed by atoms with Crippen LogP contribution in [0.5, 0.6) is 0 Å². The zero-order chi connectivity index (χ0) is 22.8. The summed E-state index contributed by atoms with van der Waals surface area (Å²) >= 11 is 0. The molecule has 0 aromatic heterocycles. The Morgan fingerprint density at radius 1 is 0.355 bits per heavy atom. The van der Waals surface area contributed by atoms with Gasteiger partial charge in [0.05, 0.1) is 0 Å². The molecule has 0 aliphatic rings. The van der Waals surface area contributed by atoms with E-state index in [0.717, 1.165) is 13.1 Å². The van der Waals surface area contributed by atoms with Gasteiger partial charge in [0.25, 0.3) is 0 Å². The highest BCUT2D eigenvalue weighted by Gasteiger charge is 2.09. The van der Waals surface area contributed by atoms with E-state index in [1.807, 2.05) is 0 Å². The number of nitrogens with zero attached hydrogens (tertiary/aromatic N) is 2. The molecule has 0 aromatic rings. The summed E-state index contributed by atoms with van der Waals surface area (Å²) in [7, 11) is 0. The molecular weight excluding hydrogens is 378 g/mol. The van der Waals surface area contributed by atoms with Crippen molar-refractivity contribution in [2.75, 3.05) is 45.8 Å². The van der Waals surface area contributed by atoms with Gasteiger partial charge in [-0.05, 0) is 38.9 Å². The summed E-state index contributed by atoms with van der Waals surface area (Å²) < 4.78 is 0. The predicted molar refractivity (Wildman–Crippen MR) is 142 cm³/mol. The largest absolute Gasteiger partial charge is 0.329 e. The highest BCUT2D eigenvalue weighted by molar-refractivity contribution is 4.66. The van der Waals surface area contributed by atoms with E-state index in [2.05, 4.69) is 30.6 Å². The molecule has 0 atom stereocenters. The van der Waals surface area contributed by atoms with Crippen LogP contribution in [-0.2, 0) is 0 Å². The van der Waals surface area contributed by atoms with Crippen molar-refractivity contribution in [3.05, 3.63) is 0 Å². The lowest BCUT2D eigenvalue weighted by atomic mass is 10.1. The summed E-state index contributed by atoms with van der Waals surface area (Å²) in [4.78, 5) is 5.40. The molecule has 0 aromatic carbocycles. The first-order valence-electron chi connectivity index (χ1n) is 14.4. The zero-order valence-corrected chi connectivity index (χ0v) is 22.1. The molecule has 0 aliphatic heterocycles. The second kappa shape index (κ2) is 26.1. The van der Waals surface area contributed by atoms with Gasteiger partial charge in [0.15, 0.2) is 0 Å². The minimum absolute atomic E-state index is 0.796. The minimum Gasteiger partial charge on any atom is -0.329 e. The number of hydrogen-bond acceptors (Lipinski definition) is 3. The van der Waals surface area contributed by atoms with Gasteiger partial charge in [-0.15, -0.1) is 0 Å². The summed E-state index contributed by atoms with van der Waals surface area (Å²) in [6.45, 7) is 15.1. The molecule has 0 saturated carbocycles. The second-order valence-electron chi connectivity index (χ2n) is 9.78. The van der Waals surface area contributed by atoms with E-state index in [1.54, 1.807) is 0 Å². The lowest BCUT2D eigenvalue weighted by Crippen LogP contribution is -2.39. The van der Waals surface area contributed by atoms with E-state index >= 15 is 0 Å². The summed E-state index contributed by atoms with van der Waals surface area (Å²) in [5.41, 5.74) is 5.93. The molecule has 0 spiro atoms. The fourth-order valence-electron chi connectivity index (χ4n) is 4.48. The minimum atomic E-state index is 0.796. The molecule has 0 bridgehead atoms. The lowest BCUT2D eigenvalue weighted by molar-refractivity contribution is 0.198. The third-order valence-corrected chi connectivity index (χ3v) is 6.66. The Morgan fingerprint density at radius 2 is 0.645 bits per heavy atom. The monoisotopic (exact) mass is 439 g/mol. The van der Waals surface area contributed by atoms with Gasteiger partial charge in [-0.1, -0.05) is 117 Å². The van der Waals surface area contributed by atoms with Gasteiger partial charge in [-0.25, -0.2) is 0 Å². The molecule has 0 unspecified atom stereocenters. The fourth-order valence-corrected chi connectivity index (χ4v) is 4.48. The van der Waals surface area contributed by atoms with Crippen LogP contribution in [0.2, 0.25) is 0 Å². The van der Waals surface area contributed by atoms with E-state index in [9.17, 15) is 0 Å². The first-order valence-corrected chi connectivity index (χ1v) is 14.4. The summed E-state index contributed by atoms with van der Waals surface area (Å²) in [6, 6.07) is 0. The summed E-state index contributed by atoms with van der Waals surface area (Å²) in [6.07, 6.45) is 25.1. The number of unbranched alkanes of at least 4 members (excludes halogenated alkanes) is 15.